The molecule has 0 saturated carbocycles. The molecular formula is C21H31Cl2N3Re. The molecule has 3 nitrogen and oxygen atoms in total. The first-order valence-electron chi connectivity index (χ1n) is 8.77. The molecule has 2 aromatic rings. The molecule has 2 rings (SSSR count). The molecule has 0 aliphatic carbocycles. The molecule has 0 aromatic heterocycles. The summed E-state index contributed by atoms with van der Waals surface area (Å²) >= 11 is 0. The first-order valence-corrected chi connectivity index (χ1v) is 8.77. The van der Waals surface area contributed by atoms with Crippen LogP contribution in [-0.2, 0) is 20.4 Å². The van der Waals surface area contributed by atoms with Gasteiger partial charge in [0.05, 0.1) is 0 Å². The van der Waals surface area contributed by atoms with Crippen molar-refractivity contribution in [3.63, 3.8) is 0 Å². The Morgan fingerprint density at radius 3 is 1.26 bits per heavy atom. The van der Waals surface area contributed by atoms with Crippen LogP contribution in [0.5, 0.6) is 0 Å². The predicted molar refractivity (Wildman–Crippen MR) is 106 cm³/mol. The molecule has 0 aliphatic heterocycles. The van der Waals surface area contributed by atoms with Gasteiger partial charge in [-0.25, -0.2) is 0 Å². The Morgan fingerprint density at radius 2 is 0.963 bits per heavy atom. The standard InChI is InChI=1S/C21H31N3.2ClH.Re/c1-16-8-6-9-17(2)20(16)22-12-14-24(5)15-13-23-21-18(3)10-7-11-19(21)4;;;/h6-11,22-23H,12-15H2,1-5H3;2*1H;/q;;;+2/p-2. The van der Waals surface area contributed by atoms with E-state index in [1.807, 2.05) is 0 Å². The van der Waals surface area contributed by atoms with E-state index in [0.717, 1.165) is 26.2 Å². The van der Waals surface area contributed by atoms with E-state index in [1.165, 1.54) is 33.6 Å². The summed E-state index contributed by atoms with van der Waals surface area (Å²) in [6, 6.07) is 12.9. The fourth-order valence-corrected chi connectivity index (χ4v) is 3.04. The maximum Gasteiger partial charge on any atom is 2.00 e. The van der Waals surface area contributed by atoms with Crippen molar-refractivity contribution in [3.8, 4) is 0 Å². The number of para-hydroxylation sites is 2. The number of benzene rings is 2. The molecule has 0 unspecified atom stereocenters. The SMILES string of the molecule is Cc1cccc(C)c1NCCN(C)CCNc1c(C)cccc1C.[Cl-].[Cl-].[Re+2]. The van der Waals surface area contributed by atoms with Crippen LogP contribution in [0, 0.1) is 27.7 Å². The molecule has 2 N–H and O–H groups in total. The molecule has 0 atom stereocenters. The number of aryl methyl sites for hydroxylation is 4. The van der Waals surface area contributed by atoms with Gasteiger partial charge in [-0.3, -0.25) is 0 Å². The first-order chi connectivity index (χ1) is 11.5. The van der Waals surface area contributed by atoms with E-state index in [-0.39, 0.29) is 45.2 Å². The summed E-state index contributed by atoms with van der Waals surface area (Å²) < 4.78 is 0. The van der Waals surface area contributed by atoms with Gasteiger partial charge in [-0.05, 0) is 57.0 Å². The molecule has 151 valence electrons. The van der Waals surface area contributed by atoms with Crippen molar-refractivity contribution in [2.24, 2.45) is 0 Å². The van der Waals surface area contributed by atoms with Gasteiger partial charge in [-0.1, -0.05) is 36.4 Å². The zero-order valence-electron chi connectivity index (χ0n) is 16.9. The number of hydrogen-bond donors (Lipinski definition) is 2. The van der Waals surface area contributed by atoms with Gasteiger partial charge in [-0.2, -0.15) is 0 Å². The van der Waals surface area contributed by atoms with Crippen LogP contribution in [-0.4, -0.2) is 38.1 Å². The molecule has 0 heterocycles. The zero-order valence-corrected chi connectivity index (χ0v) is 21.1. The van der Waals surface area contributed by atoms with E-state index in [1.54, 1.807) is 0 Å². The first kappa shape index (κ1) is 28.5. The van der Waals surface area contributed by atoms with Crippen LogP contribution in [0.4, 0.5) is 11.4 Å². The van der Waals surface area contributed by atoms with E-state index in [0.29, 0.717) is 0 Å². The molecule has 0 saturated heterocycles. The van der Waals surface area contributed by atoms with Gasteiger partial charge in [0.1, 0.15) is 0 Å². The summed E-state index contributed by atoms with van der Waals surface area (Å²) in [5.74, 6) is 0. The van der Waals surface area contributed by atoms with Crippen molar-refractivity contribution in [2.45, 2.75) is 27.7 Å². The van der Waals surface area contributed by atoms with Crippen molar-refractivity contribution in [2.75, 3.05) is 43.9 Å². The Morgan fingerprint density at radius 1 is 0.667 bits per heavy atom. The average molecular weight is 583 g/mol. The second kappa shape index (κ2) is 14.3. The average Bonchev–Trinajstić information content (AvgIpc) is 2.53. The summed E-state index contributed by atoms with van der Waals surface area (Å²) in [5.41, 5.74) is 7.81. The topological polar surface area (TPSA) is 27.3 Å². The molecule has 0 amide bonds. The summed E-state index contributed by atoms with van der Waals surface area (Å²) in [5, 5.41) is 7.15. The van der Waals surface area contributed by atoms with Crippen molar-refractivity contribution >= 4 is 11.4 Å². The minimum absolute atomic E-state index is 0. The molecule has 0 spiro atoms. The van der Waals surface area contributed by atoms with Gasteiger partial charge in [0.25, 0.3) is 0 Å². The molecule has 0 bridgehead atoms. The Labute approximate surface area is 191 Å². The molecule has 6 heteroatoms. The van der Waals surface area contributed by atoms with E-state index >= 15 is 0 Å². The molecule has 0 aliphatic rings. The molecule has 0 fully saturated rings. The number of halogens is 2. The second-order valence-corrected chi connectivity index (χ2v) is 6.69. The third-order valence-corrected chi connectivity index (χ3v) is 4.55. The third-order valence-electron chi connectivity index (χ3n) is 4.55. The predicted octanol–water partition coefficient (Wildman–Crippen LogP) is -1.62. The Hall–Kier alpha value is -0.758. The van der Waals surface area contributed by atoms with Crippen LogP contribution >= 0.6 is 0 Å². The van der Waals surface area contributed by atoms with Crippen LogP contribution in [0.2, 0.25) is 0 Å². The maximum atomic E-state index is 3.58. The summed E-state index contributed by atoms with van der Waals surface area (Å²) in [7, 11) is 2.18. The van der Waals surface area contributed by atoms with E-state index < -0.39 is 0 Å². The fourth-order valence-electron chi connectivity index (χ4n) is 3.04. The molecule has 2 aromatic carbocycles. The zero-order chi connectivity index (χ0) is 17.5. The van der Waals surface area contributed by atoms with Gasteiger partial charge in [0.2, 0.25) is 0 Å². The Bertz CT molecular complexity index is 582. The second-order valence-electron chi connectivity index (χ2n) is 6.69. The van der Waals surface area contributed by atoms with Gasteiger partial charge < -0.3 is 40.3 Å². The minimum atomic E-state index is 0. The normalized spacial score (nSPS) is 9.70. The quantitative estimate of drug-likeness (QED) is 0.392. The van der Waals surface area contributed by atoms with Gasteiger partial charge >= 0.3 is 20.4 Å². The minimum Gasteiger partial charge on any atom is -1.00 e. The molecule has 27 heavy (non-hydrogen) atoms. The molecular weight excluding hydrogens is 551 g/mol. The van der Waals surface area contributed by atoms with E-state index in [2.05, 4.69) is 86.7 Å². The van der Waals surface area contributed by atoms with Crippen LogP contribution in [0.15, 0.2) is 36.4 Å². The number of anilines is 2. The smallest absolute Gasteiger partial charge is 1.00 e. The van der Waals surface area contributed by atoms with Crippen molar-refractivity contribution in [1.82, 2.24) is 4.90 Å². The van der Waals surface area contributed by atoms with E-state index in [9.17, 15) is 0 Å². The Kier molecular flexibility index (Phi) is 15.0. The maximum absolute atomic E-state index is 3.58. The largest absolute Gasteiger partial charge is 2.00 e. The monoisotopic (exact) mass is 582 g/mol. The fraction of sp³-hybridized carbons (Fsp3) is 0.429. The van der Waals surface area contributed by atoms with Crippen molar-refractivity contribution in [3.05, 3.63) is 58.7 Å². The van der Waals surface area contributed by atoms with Crippen LogP contribution in [0.1, 0.15) is 22.3 Å². The van der Waals surface area contributed by atoms with E-state index in [4.69, 9.17) is 0 Å². The Balaban J connectivity index is 0. The van der Waals surface area contributed by atoms with Crippen LogP contribution < -0.4 is 35.4 Å². The van der Waals surface area contributed by atoms with Crippen molar-refractivity contribution < 1.29 is 45.2 Å². The molecule has 1 radical (unpaired) electrons. The number of rotatable bonds is 8. The van der Waals surface area contributed by atoms with Crippen molar-refractivity contribution in [1.29, 1.82) is 0 Å². The summed E-state index contributed by atoms with van der Waals surface area (Å²) in [6.45, 7) is 12.6. The number of nitrogens with one attached hydrogen (secondary N) is 2. The van der Waals surface area contributed by atoms with Crippen LogP contribution in [0.25, 0.3) is 0 Å². The summed E-state index contributed by atoms with van der Waals surface area (Å²) in [6.07, 6.45) is 0. The number of hydrogen-bond acceptors (Lipinski definition) is 3. The number of nitrogens with zero attached hydrogens (tertiary/aromatic N) is 1. The van der Waals surface area contributed by atoms with Gasteiger partial charge in [-0.15, -0.1) is 0 Å². The van der Waals surface area contributed by atoms with Gasteiger partial charge in [0, 0.05) is 37.6 Å². The number of likely N-dealkylation sites (N-methyl/N-ethyl adjacent to an activating group) is 1. The third kappa shape index (κ3) is 8.85. The van der Waals surface area contributed by atoms with Crippen LogP contribution in [0.3, 0.4) is 0 Å². The van der Waals surface area contributed by atoms with Gasteiger partial charge in [0.15, 0.2) is 0 Å². The summed E-state index contributed by atoms with van der Waals surface area (Å²) in [4.78, 5) is 2.36.